The molecule has 4 nitrogen and oxygen atoms in total. The highest BCUT2D eigenvalue weighted by atomic mass is 16.3. The minimum atomic E-state index is -0.311. The van der Waals surface area contributed by atoms with Gasteiger partial charge in [0.15, 0.2) is 0 Å². The lowest BCUT2D eigenvalue weighted by Gasteiger charge is -2.14. The van der Waals surface area contributed by atoms with Gasteiger partial charge in [0, 0.05) is 32.0 Å². The Morgan fingerprint density at radius 1 is 1.57 bits per heavy atom. The van der Waals surface area contributed by atoms with Crippen LogP contribution in [0.4, 0.5) is 0 Å². The number of carbonyl (C=O) groups is 1. The number of carbonyl (C=O) groups excluding carboxylic acids is 1. The average Bonchev–Trinajstić information content (AvgIpc) is 2.46. The molecule has 82 valence electrons. The zero-order valence-corrected chi connectivity index (χ0v) is 8.92. The molecule has 0 radical (unpaired) electrons. The summed E-state index contributed by atoms with van der Waals surface area (Å²) in [4.78, 5) is 11.3. The molecule has 1 heterocycles. The average molecular weight is 200 g/mol. The van der Waals surface area contributed by atoms with Crippen molar-refractivity contribution in [3.8, 4) is 0 Å². The highest BCUT2D eigenvalue weighted by molar-refractivity contribution is 5.76. The first-order chi connectivity index (χ1) is 6.59. The Balaban J connectivity index is 2.16. The monoisotopic (exact) mass is 200 g/mol. The normalized spacial score (nSPS) is 26.9. The summed E-state index contributed by atoms with van der Waals surface area (Å²) in [7, 11) is 0. The first-order valence-electron chi connectivity index (χ1n) is 5.25. The molecule has 0 aromatic carbocycles. The molecule has 0 aromatic heterocycles. The second kappa shape index (κ2) is 5.32. The Kier molecular flexibility index (Phi) is 4.35. The maximum absolute atomic E-state index is 11.3. The maximum Gasteiger partial charge on any atom is 0.220 e. The van der Waals surface area contributed by atoms with Gasteiger partial charge in [-0.15, -0.1) is 0 Å². The third kappa shape index (κ3) is 3.64. The van der Waals surface area contributed by atoms with Crippen molar-refractivity contribution in [1.82, 2.24) is 10.6 Å². The SMILES string of the molecule is CC(C)CC(=O)NCC1CNCC1O. The van der Waals surface area contributed by atoms with E-state index in [4.69, 9.17) is 0 Å². The van der Waals surface area contributed by atoms with E-state index in [1.54, 1.807) is 0 Å². The van der Waals surface area contributed by atoms with Crippen LogP contribution in [0, 0.1) is 11.8 Å². The molecule has 1 rings (SSSR count). The molecule has 4 heteroatoms. The van der Waals surface area contributed by atoms with Crippen LogP contribution in [0.5, 0.6) is 0 Å². The predicted molar refractivity (Wildman–Crippen MR) is 54.8 cm³/mol. The van der Waals surface area contributed by atoms with Crippen LogP contribution in [0.1, 0.15) is 20.3 Å². The molecule has 1 saturated heterocycles. The molecule has 1 amide bonds. The Morgan fingerprint density at radius 3 is 2.79 bits per heavy atom. The topological polar surface area (TPSA) is 61.4 Å². The van der Waals surface area contributed by atoms with Crippen molar-refractivity contribution in [2.24, 2.45) is 11.8 Å². The van der Waals surface area contributed by atoms with E-state index < -0.39 is 0 Å². The van der Waals surface area contributed by atoms with Crippen molar-refractivity contribution in [2.45, 2.75) is 26.4 Å². The first kappa shape index (κ1) is 11.5. The largest absolute Gasteiger partial charge is 0.391 e. The van der Waals surface area contributed by atoms with Crippen LogP contribution < -0.4 is 10.6 Å². The molecule has 0 spiro atoms. The first-order valence-corrected chi connectivity index (χ1v) is 5.25. The van der Waals surface area contributed by atoms with E-state index in [9.17, 15) is 9.90 Å². The molecule has 2 atom stereocenters. The van der Waals surface area contributed by atoms with Crippen LogP contribution in [0.3, 0.4) is 0 Å². The number of rotatable bonds is 4. The molecule has 1 aliphatic rings. The van der Waals surface area contributed by atoms with Gasteiger partial charge in [0.25, 0.3) is 0 Å². The number of hydrogen-bond donors (Lipinski definition) is 3. The lowest BCUT2D eigenvalue weighted by atomic mass is 10.1. The smallest absolute Gasteiger partial charge is 0.220 e. The Morgan fingerprint density at radius 2 is 2.29 bits per heavy atom. The number of aliphatic hydroxyl groups is 1. The van der Waals surface area contributed by atoms with Crippen LogP contribution in [0.2, 0.25) is 0 Å². The lowest BCUT2D eigenvalue weighted by molar-refractivity contribution is -0.122. The van der Waals surface area contributed by atoms with Gasteiger partial charge >= 0.3 is 0 Å². The fraction of sp³-hybridized carbons (Fsp3) is 0.900. The standard InChI is InChI=1S/C10H20N2O2/c1-7(2)3-10(14)12-5-8-4-11-6-9(8)13/h7-9,11,13H,3-6H2,1-2H3,(H,12,14). The minimum Gasteiger partial charge on any atom is -0.391 e. The third-order valence-corrected chi connectivity index (χ3v) is 2.46. The van der Waals surface area contributed by atoms with Gasteiger partial charge in [-0.2, -0.15) is 0 Å². The van der Waals surface area contributed by atoms with Crippen LogP contribution >= 0.6 is 0 Å². The number of nitrogens with one attached hydrogen (secondary N) is 2. The van der Waals surface area contributed by atoms with E-state index in [0.29, 0.717) is 25.4 Å². The second-order valence-electron chi connectivity index (χ2n) is 4.39. The minimum absolute atomic E-state index is 0.0825. The number of aliphatic hydroxyl groups excluding tert-OH is 1. The van der Waals surface area contributed by atoms with Crippen LogP contribution in [0.25, 0.3) is 0 Å². The highest BCUT2D eigenvalue weighted by Crippen LogP contribution is 2.07. The van der Waals surface area contributed by atoms with Gasteiger partial charge in [0.2, 0.25) is 5.91 Å². The summed E-state index contributed by atoms with van der Waals surface area (Å²) in [6.45, 7) is 6.06. The van der Waals surface area contributed by atoms with Gasteiger partial charge in [-0.3, -0.25) is 4.79 Å². The molecule has 0 saturated carbocycles. The van der Waals surface area contributed by atoms with Crippen molar-refractivity contribution in [3.05, 3.63) is 0 Å². The van der Waals surface area contributed by atoms with E-state index in [0.717, 1.165) is 6.54 Å². The molecule has 2 unspecified atom stereocenters. The van der Waals surface area contributed by atoms with Gasteiger partial charge in [-0.1, -0.05) is 13.8 Å². The van der Waals surface area contributed by atoms with E-state index >= 15 is 0 Å². The van der Waals surface area contributed by atoms with Crippen LogP contribution in [-0.2, 0) is 4.79 Å². The van der Waals surface area contributed by atoms with Gasteiger partial charge in [-0.05, 0) is 5.92 Å². The van der Waals surface area contributed by atoms with E-state index in [1.165, 1.54) is 0 Å². The summed E-state index contributed by atoms with van der Waals surface area (Å²) >= 11 is 0. The summed E-state index contributed by atoms with van der Waals surface area (Å²) < 4.78 is 0. The summed E-state index contributed by atoms with van der Waals surface area (Å²) in [5, 5.41) is 15.4. The molecule has 0 bridgehead atoms. The van der Waals surface area contributed by atoms with E-state index in [-0.39, 0.29) is 17.9 Å². The summed E-state index contributed by atoms with van der Waals surface area (Å²) in [5.74, 6) is 0.645. The number of hydrogen-bond acceptors (Lipinski definition) is 3. The quantitative estimate of drug-likeness (QED) is 0.585. The molecular weight excluding hydrogens is 180 g/mol. The summed E-state index contributed by atoms with van der Waals surface area (Å²) in [6.07, 6.45) is 0.255. The van der Waals surface area contributed by atoms with Gasteiger partial charge in [0.1, 0.15) is 0 Å². The number of β-amino-alcohol motifs (C(OH)–C–C–N with tert-alkyl or cyclic N) is 1. The zero-order valence-electron chi connectivity index (χ0n) is 8.92. The highest BCUT2D eigenvalue weighted by Gasteiger charge is 2.24. The Bertz CT molecular complexity index is 195. The Labute approximate surface area is 85.1 Å². The van der Waals surface area contributed by atoms with E-state index in [1.807, 2.05) is 13.8 Å². The van der Waals surface area contributed by atoms with E-state index in [2.05, 4.69) is 10.6 Å². The van der Waals surface area contributed by atoms with Crippen LogP contribution in [-0.4, -0.2) is 36.8 Å². The van der Waals surface area contributed by atoms with Crippen molar-refractivity contribution >= 4 is 5.91 Å². The molecular formula is C10H20N2O2. The maximum atomic E-state index is 11.3. The van der Waals surface area contributed by atoms with Crippen molar-refractivity contribution < 1.29 is 9.90 Å². The predicted octanol–water partition coefficient (Wildman–Crippen LogP) is -0.271. The molecule has 3 N–H and O–H groups in total. The molecule has 0 aromatic rings. The summed E-state index contributed by atoms with van der Waals surface area (Å²) in [5.41, 5.74) is 0. The second-order valence-corrected chi connectivity index (χ2v) is 4.39. The molecule has 1 fully saturated rings. The zero-order chi connectivity index (χ0) is 10.6. The van der Waals surface area contributed by atoms with Crippen molar-refractivity contribution in [2.75, 3.05) is 19.6 Å². The molecule has 1 aliphatic heterocycles. The van der Waals surface area contributed by atoms with Crippen LogP contribution in [0.15, 0.2) is 0 Å². The molecule has 14 heavy (non-hydrogen) atoms. The van der Waals surface area contributed by atoms with Crippen molar-refractivity contribution in [1.29, 1.82) is 0 Å². The fourth-order valence-electron chi connectivity index (χ4n) is 1.62. The van der Waals surface area contributed by atoms with Gasteiger partial charge in [0.05, 0.1) is 6.10 Å². The Hall–Kier alpha value is -0.610. The summed E-state index contributed by atoms with van der Waals surface area (Å²) in [6, 6.07) is 0. The third-order valence-electron chi connectivity index (χ3n) is 2.46. The van der Waals surface area contributed by atoms with Gasteiger partial charge in [-0.25, -0.2) is 0 Å². The molecule has 0 aliphatic carbocycles. The number of amides is 1. The fourth-order valence-corrected chi connectivity index (χ4v) is 1.62. The van der Waals surface area contributed by atoms with Gasteiger partial charge < -0.3 is 15.7 Å². The lowest BCUT2D eigenvalue weighted by Crippen LogP contribution is -2.34. The van der Waals surface area contributed by atoms with Crippen molar-refractivity contribution in [3.63, 3.8) is 0 Å².